The van der Waals surface area contributed by atoms with Crippen molar-refractivity contribution in [2.24, 2.45) is 0 Å². The van der Waals surface area contributed by atoms with Gasteiger partial charge in [0.05, 0.1) is 17.2 Å². The number of carbonyl (C=O) groups excluding carboxylic acids is 3. The molecule has 180 valence electrons. The van der Waals surface area contributed by atoms with Crippen LogP contribution >= 0.6 is 0 Å². The van der Waals surface area contributed by atoms with Crippen LogP contribution in [0.4, 0.5) is 5.69 Å². The third-order valence-corrected chi connectivity index (χ3v) is 7.64. The van der Waals surface area contributed by atoms with Gasteiger partial charge in [0.2, 0.25) is 21.8 Å². The van der Waals surface area contributed by atoms with Gasteiger partial charge in [0.25, 0.3) is 5.91 Å². The van der Waals surface area contributed by atoms with Crippen LogP contribution in [0.3, 0.4) is 0 Å². The lowest BCUT2D eigenvalue weighted by Crippen LogP contribution is -2.51. The summed E-state index contributed by atoms with van der Waals surface area (Å²) in [6, 6.07) is 12.7. The fourth-order valence-electron chi connectivity index (χ4n) is 3.87. The number of hydrogen-bond acceptors (Lipinski definition) is 6. The van der Waals surface area contributed by atoms with Crippen molar-refractivity contribution in [2.45, 2.75) is 24.7 Å². The van der Waals surface area contributed by atoms with Gasteiger partial charge in [-0.1, -0.05) is 0 Å². The molecule has 1 N–H and O–H groups in total. The Bertz CT molecular complexity index is 1170. The van der Waals surface area contributed by atoms with Gasteiger partial charge >= 0.3 is 0 Å². The van der Waals surface area contributed by atoms with Crippen LogP contribution in [0.15, 0.2) is 53.4 Å². The Morgan fingerprint density at radius 1 is 0.941 bits per heavy atom. The highest BCUT2D eigenvalue weighted by atomic mass is 32.2. The van der Waals surface area contributed by atoms with Crippen LogP contribution in [0.1, 0.15) is 30.1 Å². The second-order valence-corrected chi connectivity index (χ2v) is 9.85. The molecule has 4 rings (SSSR count). The highest BCUT2D eigenvalue weighted by Crippen LogP contribution is 2.22. The lowest BCUT2D eigenvalue weighted by molar-refractivity contribution is -0.130. The summed E-state index contributed by atoms with van der Waals surface area (Å²) >= 11 is 0. The van der Waals surface area contributed by atoms with E-state index in [0.717, 1.165) is 0 Å². The molecule has 2 aliphatic rings. The fraction of sp³-hybridized carbons (Fsp3) is 0.348. The van der Waals surface area contributed by atoms with Crippen LogP contribution in [0.25, 0.3) is 0 Å². The predicted octanol–water partition coefficient (Wildman–Crippen LogP) is 1.39. The van der Waals surface area contributed by atoms with E-state index in [0.29, 0.717) is 23.6 Å². The monoisotopic (exact) mass is 486 g/mol. The maximum absolute atomic E-state index is 13.0. The zero-order chi connectivity index (χ0) is 24.3. The fourth-order valence-corrected chi connectivity index (χ4v) is 5.30. The molecule has 0 bridgehead atoms. The van der Waals surface area contributed by atoms with Gasteiger partial charge in [0, 0.05) is 44.6 Å². The third kappa shape index (κ3) is 4.90. The van der Waals surface area contributed by atoms with E-state index in [-0.39, 0.29) is 61.6 Å². The van der Waals surface area contributed by atoms with Crippen molar-refractivity contribution in [1.29, 1.82) is 0 Å². The van der Waals surface area contributed by atoms with Gasteiger partial charge in [0.1, 0.15) is 5.75 Å². The highest BCUT2D eigenvalue weighted by Gasteiger charge is 2.31. The number of sulfonamides is 1. The molecule has 0 spiro atoms. The van der Waals surface area contributed by atoms with Crippen molar-refractivity contribution in [3.63, 3.8) is 0 Å². The normalized spacial score (nSPS) is 17.4. The Morgan fingerprint density at radius 2 is 1.59 bits per heavy atom. The van der Waals surface area contributed by atoms with E-state index < -0.39 is 10.0 Å². The summed E-state index contributed by atoms with van der Waals surface area (Å²) in [4.78, 5) is 38.3. The standard InChI is InChI=1S/C23H26N4O6S/c1-2-33-19-7-9-20(10-8-19)34(31,32)26-15-13-25(14-16-26)23(30)17-3-5-18(6-4-17)27-22(29)12-11-21(28)24-27/h3-10H,2,11-16H2,1H3,(H,24,28). The summed E-state index contributed by atoms with van der Waals surface area (Å²) in [5.41, 5.74) is 3.41. The largest absolute Gasteiger partial charge is 0.494 e. The first-order valence-electron chi connectivity index (χ1n) is 11.0. The van der Waals surface area contributed by atoms with E-state index in [9.17, 15) is 22.8 Å². The summed E-state index contributed by atoms with van der Waals surface area (Å²) in [6.45, 7) is 3.25. The maximum atomic E-state index is 13.0. The highest BCUT2D eigenvalue weighted by molar-refractivity contribution is 7.89. The van der Waals surface area contributed by atoms with Crippen LogP contribution in [0.2, 0.25) is 0 Å². The van der Waals surface area contributed by atoms with Gasteiger partial charge in [-0.25, -0.2) is 13.4 Å². The number of hydrogen-bond donors (Lipinski definition) is 1. The van der Waals surface area contributed by atoms with Gasteiger partial charge in [0.15, 0.2) is 0 Å². The third-order valence-electron chi connectivity index (χ3n) is 5.72. The van der Waals surface area contributed by atoms with Crippen molar-refractivity contribution >= 4 is 33.4 Å². The van der Waals surface area contributed by atoms with Gasteiger partial charge in [-0.2, -0.15) is 4.31 Å². The van der Waals surface area contributed by atoms with Crippen LogP contribution < -0.4 is 15.2 Å². The molecule has 0 radical (unpaired) electrons. The molecule has 2 aliphatic heterocycles. The molecule has 2 aromatic rings. The van der Waals surface area contributed by atoms with Crippen LogP contribution in [-0.4, -0.2) is 68.1 Å². The molecule has 2 heterocycles. The molecule has 0 atom stereocenters. The minimum absolute atomic E-state index is 0.135. The molecular formula is C23H26N4O6S. The van der Waals surface area contributed by atoms with E-state index in [1.165, 1.54) is 21.4 Å². The number of nitrogens with zero attached hydrogens (tertiary/aromatic N) is 3. The Labute approximate surface area is 198 Å². The number of anilines is 1. The van der Waals surface area contributed by atoms with E-state index in [1.807, 2.05) is 6.92 Å². The molecule has 11 heteroatoms. The quantitative estimate of drug-likeness (QED) is 0.660. The van der Waals surface area contributed by atoms with Crippen molar-refractivity contribution < 1.29 is 27.5 Å². The molecule has 0 saturated carbocycles. The van der Waals surface area contributed by atoms with Gasteiger partial charge in [-0.05, 0) is 55.5 Å². The molecule has 3 amide bonds. The first kappa shape index (κ1) is 23.7. The molecule has 0 aliphatic carbocycles. The van der Waals surface area contributed by atoms with E-state index in [1.54, 1.807) is 41.3 Å². The second kappa shape index (κ2) is 9.82. The van der Waals surface area contributed by atoms with E-state index in [4.69, 9.17) is 4.74 Å². The predicted molar refractivity (Wildman–Crippen MR) is 124 cm³/mol. The number of hydrazine groups is 1. The first-order valence-corrected chi connectivity index (χ1v) is 12.5. The summed E-state index contributed by atoms with van der Waals surface area (Å²) in [6.07, 6.45) is 0.294. The Balaban J connectivity index is 1.37. The molecule has 34 heavy (non-hydrogen) atoms. The average molecular weight is 487 g/mol. The lowest BCUT2D eigenvalue weighted by atomic mass is 10.1. The van der Waals surface area contributed by atoms with Crippen LogP contribution in [0, 0.1) is 0 Å². The Kier molecular flexibility index (Phi) is 6.85. The zero-order valence-corrected chi connectivity index (χ0v) is 19.6. The van der Waals surface area contributed by atoms with Crippen molar-refractivity contribution in [3.05, 3.63) is 54.1 Å². The summed E-state index contributed by atoms with van der Waals surface area (Å²) < 4.78 is 32.7. The SMILES string of the molecule is CCOc1ccc(S(=O)(=O)N2CCN(C(=O)c3ccc(N4NC(=O)CCC4=O)cc3)CC2)cc1. The average Bonchev–Trinajstić information content (AvgIpc) is 2.86. The number of carbonyl (C=O) groups is 3. The van der Waals surface area contributed by atoms with E-state index in [2.05, 4.69) is 5.43 Å². The molecular weight excluding hydrogens is 460 g/mol. The molecule has 2 saturated heterocycles. The molecule has 2 fully saturated rings. The second-order valence-electron chi connectivity index (χ2n) is 7.91. The lowest BCUT2D eigenvalue weighted by Gasteiger charge is -2.34. The minimum Gasteiger partial charge on any atom is -0.494 e. The van der Waals surface area contributed by atoms with Crippen LogP contribution in [-0.2, 0) is 19.6 Å². The number of ether oxygens (including phenoxy) is 1. The van der Waals surface area contributed by atoms with Crippen molar-refractivity contribution in [3.8, 4) is 5.75 Å². The number of amides is 3. The van der Waals surface area contributed by atoms with Gasteiger partial charge < -0.3 is 9.64 Å². The van der Waals surface area contributed by atoms with Gasteiger partial charge in [-0.3, -0.25) is 19.8 Å². The molecule has 10 nitrogen and oxygen atoms in total. The number of nitrogens with one attached hydrogen (secondary N) is 1. The van der Waals surface area contributed by atoms with Crippen molar-refractivity contribution in [2.75, 3.05) is 37.8 Å². The maximum Gasteiger partial charge on any atom is 0.253 e. The number of rotatable bonds is 6. The summed E-state index contributed by atoms with van der Waals surface area (Å²) in [7, 11) is -3.67. The minimum atomic E-state index is -3.67. The smallest absolute Gasteiger partial charge is 0.253 e. The summed E-state index contributed by atoms with van der Waals surface area (Å²) in [5.74, 6) is -0.0741. The Hall–Kier alpha value is -3.44. The molecule has 2 aromatic carbocycles. The number of benzene rings is 2. The first-order chi connectivity index (χ1) is 16.3. The molecule has 0 unspecified atom stereocenters. The van der Waals surface area contributed by atoms with Crippen molar-refractivity contribution in [1.82, 2.24) is 14.6 Å². The van der Waals surface area contributed by atoms with Crippen LogP contribution in [0.5, 0.6) is 5.75 Å². The summed E-state index contributed by atoms with van der Waals surface area (Å²) in [5, 5.41) is 1.19. The molecule has 0 aromatic heterocycles. The van der Waals surface area contributed by atoms with E-state index >= 15 is 0 Å². The zero-order valence-electron chi connectivity index (χ0n) is 18.8. The topological polar surface area (TPSA) is 116 Å². The Morgan fingerprint density at radius 3 is 2.21 bits per heavy atom. The number of piperazine rings is 1. The van der Waals surface area contributed by atoms with Gasteiger partial charge in [-0.15, -0.1) is 0 Å².